The Morgan fingerprint density at radius 2 is 1.81 bits per heavy atom. The van der Waals surface area contributed by atoms with Crippen LogP contribution in [-0.4, -0.2) is 37.1 Å². The van der Waals surface area contributed by atoms with Gasteiger partial charge in [0.25, 0.3) is 0 Å². The van der Waals surface area contributed by atoms with E-state index in [4.69, 9.17) is 10.5 Å². The third-order valence-electron chi connectivity index (χ3n) is 11.3. The van der Waals surface area contributed by atoms with E-state index in [1.807, 2.05) is 24.3 Å². The predicted octanol–water partition coefficient (Wildman–Crippen LogP) is 5.92. The molecule has 0 aromatic heterocycles. The highest BCUT2D eigenvalue weighted by Gasteiger charge is 2.54. The Kier molecular flexibility index (Phi) is 8.43. The first-order valence-electron chi connectivity index (χ1n) is 17.0. The maximum absolute atomic E-state index is 13.8. The molecule has 47 heavy (non-hydrogen) atoms. The van der Waals surface area contributed by atoms with E-state index in [1.54, 1.807) is 0 Å². The van der Waals surface area contributed by atoms with Gasteiger partial charge in [0.1, 0.15) is 11.6 Å². The van der Waals surface area contributed by atoms with Gasteiger partial charge in [0, 0.05) is 61.1 Å². The lowest BCUT2D eigenvalue weighted by molar-refractivity contribution is -0.126. The summed E-state index contributed by atoms with van der Waals surface area (Å²) in [5.41, 5.74) is 11.1. The molecule has 7 nitrogen and oxygen atoms in total. The first-order valence-corrected chi connectivity index (χ1v) is 17.0. The van der Waals surface area contributed by atoms with Gasteiger partial charge in [-0.3, -0.25) is 9.59 Å². The van der Waals surface area contributed by atoms with Crippen LogP contribution in [0.4, 0.5) is 14.5 Å². The maximum atomic E-state index is 13.8. The van der Waals surface area contributed by atoms with Crippen molar-refractivity contribution in [1.82, 2.24) is 10.6 Å². The zero-order valence-corrected chi connectivity index (χ0v) is 27.0. The molecule has 2 amide bonds. The summed E-state index contributed by atoms with van der Waals surface area (Å²) < 4.78 is 33.3. The van der Waals surface area contributed by atoms with Crippen LogP contribution in [0.25, 0.3) is 0 Å². The Morgan fingerprint density at radius 1 is 1.06 bits per heavy atom. The lowest BCUT2D eigenvalue weighted by Gasteiger charge is -2.59. The van der Waals surface area contributed by atoms with Gasteiger partial charge in [-0.1, -0.05) is 37.3 Å². The molecule has 0 radical (unpaired) electrons. The zero-order valence-electron chi connectivity index (χ0n) is 27.0. The predicted molar refractivity (Wildman–Crippen MR) is 177 cm³/mol. The van der Waals surface area contributed by atoms with Crippen molar-refractivity contribution in [3.8, 4) is 0 Å². The summed E-state index contributed by atoms with van der Waals surface area (Å²) in [7, 11) is 0. The van der Waals surface area contributed by atoms with E-state index in [2.05, 4.69) is 41.1 Å². The molecule has 1 saturated heterocycles. The van der Waals surface area contributed by atoms with Gasteiger partial charge in [-0.05, 0) is 103 Å². The van der Waals surface area contributed by atoms with Crippen LogP contribution in [0.3, 0.4) is 0 Å². The van der Waals surface area contributed by atoms with E-state index in [-0.39, 0.29) is 28.7 Å². The summed E-state index contributed by atoms with van der Waals surface area (Å²) in [6.45, 7) is 3.96. The highest BCUT2D eigenvalue weighted by Crippen LogP contribution is 2.56. The average Bonchev–Trinajstić information content (AvgIpc) is 3.45. The number of rotatable bonds is 9. The standard InChI is InChI=1S/C38H44F2N4O3/c1-2-24-5-3-4-6-31-34(24)44-35(46)38(31)19-25-7-8-30(17-27(25)20-38)43-33(45)9-10-37(22-36(23-37)11-13-47-14-12-36)42-21-32(41)26-15-28(39)18-29(40)16-26/h3-8,15-18,24,32,42H,2,9-14,19-23,41H2,1H3,(H,43,45)(H,44,46)/t24-,32?,38?/m0/s1. The Balaban J connectivity index is 1.01. The van der Waals surface area contributed by atoms with Gasteiger partial charge in [0.05, 0.1) is 5.41 Å². The fourth-order valence-electron chi connectivity index (χ4n) is 8.86. The lowest BCUT2D eigenvalue weighted by Crippen LogP contribution is -2.62. The SMILES string of the molecule is CC[C@H]1C=CC=CC2=C1NC(=O)C21Cc2ccc(NC(=O)CCC3(NCC(N)c4cc(F)cc(F)c4)CC4(CCOCC4)C3)cc2C1. The van der Waals surface area contributed by atoms with E-state index >= 15 is 0 Å². The highest BCUT2D eigenvalue weighted by molar-refractivity contribution is 5.95. The Labute approximate surface area is 275 Å². The number of nitrogens with two attached hydrogens (primary N) is 1. The summed E-state index contributed by atoms with van der Waals surface area (Å²) in [6.07, 6.45) is 15.2. The molecule has 3 aliphatic carbocycles. The van der Waals surface area contributed by atoms with Gasteiger partial charge in [-0.25, -0.2) is 8.78 Å². The number of hydrogen-bond donors (Lipinski definition) is 4. The average molecular weight is 643 g/mol. The Hall–Kier alpha value is -3.66. The smallest absolute Gasteiger partial charge is 0.235 e. The number of hydrogen-bond acceptors (Lipinski definition) is 5. The Morgan fingerprint density at radius 3 is 2.55 bits per heavy atom. The molecule has 3 atom stereocenters. The van der Waals surface area contributed by atoms with Crippen molar-refractivity contribution in [3.63, 3.8) is 0 Å². The van der Waals surface area contributed by atoms with Crippen LogP contribution in [0.2, 0.25) is 0 Å². The summed E-state index contributed by atoms with van der Waals surface area (Å²) in [5, 5.41) is 9.95. The first-order chi connectivity index (χ1) is 22.6. The largest absolute Gasteiger partial charge is 0.381 e. The number of anilines is 1. The maximum Gasteiger partial charge on any atom is 0.235 e. The molecule has 5 aliphatic rings. The summed E-state index contributed by atoms with van der Waals surface area (Å²) >= 11 is 0. The van der Waals surface area contributed by atoms with Crippen LogP contribution in [0.5, 0.6) is 0 Å². The zero-order chi connectivity index (χ0) is 32.8. The van der Waals surface area contributed by atoms with Crippen LogP contribution in [0, 0.1) is 28.4 Å². The van der Waals surface area contributed by atoms with Crippen molar-refractivity contribution in [2.75, 3.05) is 25.1 Å². The number of allylic oxidation sites excluding steroid dienone is 4. The molecule has 2 spiro atoms. The molecule has 2 aromatic rings. The number of benzene rings is 2. The van der Waals surface area contributed by atoms with Crippen molar-refractivity contribution in [1.29, 1.82) is 0 Å². The minimum atomic E-state index is -0.648. The quantitative estimate of drug-likeness (QED) is 0.272. The van der Waals surface area contributed by atoms with Crippen LogP contribution in [-0.2, 0) is 27.2 Å². The monoisotopic (exact) mass is 642 g/mol. The molecule has 2 aromatic carbocycles. The molecule has 5 N–H and O–H groups in total. The van der Waals surface area contributed by atoms with Crippen LogP contribution in [0.15, 0.2) is 72.0 Å². The van der Waals surface area contributed by atoms with E-state index in [9.17, 15) is 18.4 Å². The molecular weight excluding hydrogens is 598 g/mol. The van der Waals surface area contributed by atoms with E-state index < -0.39 is 23.1 Å². The number of halogens is 2. The molecular formula is C38H44F2N4O3. The second kappa shape index (κ2) is 12.4. The molecule has 2 unspecified atom stereocenters. The minimum absolute atomic E-state index is 0.0607. The number of carbonyl (C=O) groups excluding carboxylic acids is 2. The van der Waals surface area contributed by atoms with Gasteiger partial charge in [0.15, 0.2) is 0 Å². The second-order valence-corrected chi connectivity index (χ2v) is 14.4. The lowest BCUT2D eigenvalue weighted by atomic mass is 9.53. The summed E-state index contributed by atoms with van der Waals surface area (Å²) in [5.74, 6) is -1.12. The van der Waals surface area contributed by atoms with Gasteiger partial charge in [-0.2, -0.15) is 0 Å². The molecule has 0 bridgehead atoms. The third-order valence-corrected chi connectivity index (χ3v) is 11.3. The van der Waals surface area contributed by atoms with Crippen LogP contribution >= 0.6 is 0 Å². The summed E-state index contributed by atoms with van der Waals surface area (Å²) in [6, 6.07) is 8.81. The molecule has 2 fully saturated rings. The van der Waals surface area contributed by atoms with Gasteiger partial charge in [-0.15, -0.1) is 0 Å². The van der Waals surface area contributed by atoms with Crippen LogP contribution < -0.4 is 21.7 Å². The van der Waals surface area contributed by atoms with E-state index in [0.717, 1.165) is 79.5 Å². The van der Waals surface area contributed by atoms with Gasteiger partial charge in [0.2, 0.25) is 11.8 Å². The number of nitrogens with one attached hydrogen (secondary N) is 3. The molecule has 248 valence electrons. The number of carbonyl (C=O) groups is 2. The van der Waals surface area contributed by atoms with E-state index in [1.165, 1.54) is 12.1 Å². The van der Waals surface area contributed by atoms with Crippen molar-refractivity contribution >= 4 is 17.5 Å². The summed E-state index contributed by atoms with van der Waals surface area (Å²) in [4.78, 5) is 26.8. The fraction of sp³-hybridized carbons (Fsp3) is 0.474. The van der Waals surface area contributed by atoms with Crippen LogP contribution in [0.1, 0.15) is 74.6 Å². The third kappa shape index (κ3) is 6.09. The molecule has 2 heterocycles. The minimum Gasteiger partial charge on any atom is -0.381 e. The van der Waals surface area contributed by atoms with Gasteiger partial charge >= 0.3 is 0 Å². The molecule has 2 aliphatic heterocycles. The van der Waals surface area contributed by atoms with Crippen molar-refractivity contribution < 1.29 is 23.1 Å². The number of amides is 2. The van der Waals surface area contributed by atoms with Crippen molar-refractivity contribution in [2.45, 2.75) is 76.3 Å². The van der Waals surface area contributed by atoms with Crippen molar-refractivity contribution in [3.05, 3.63) is 100 Å². The van der Waals surface area contributed by atoms with Crippen molar-refractivity contribution in [2.24, 2.45) is 22.5 Å². The molecule has 7 rings (SSSR count). The molecule has 9 heteroatoms. The topological polar surface area (TPSA) is 105 Å². The van der Waals surface area contributed by atoms with E-state index in [0.29, 0.717) is 37.8 Å². The Bertz CT molecular complexity index is 1650. The molecule has 1 saturated carbocycles. The highest BCUT2D eigenvalue weighted by atomic mass is 19.1. The number of ether oxygens (including phenoxy) is 1. The van der Waals surface area contributed by atoms with Gasteiger partial charge < -0.3 is 26.4 Å². The number of fused-ring (bicyclic) bond motifs is 2. The second-order valence-electron chi connectivity index (χ2n) is 14.4. The first kappa shape index (κ1) is 31.9. The fourth-order valence-corrected chi connectivity index (χ4v) is 8.86. The normalized spacial score (nSPS) is 25.7.